The van der Waals surface area contributed by atoms with Gasteiger partial charge in [0.15, 0.2) is 0 Å². The van der Waals surface area contributed by atoms with E-state index in [0.29, 0.717) is 6.20 Å². The minimum atomic E-state index is -4.93. The van der Waals surface area contributed by atoms with Crippen molar-refractivity contribution >= 4 is 0 Å². The predicted molar refractivity (Wildman–Crippen MR) is 77.9 cm³/mol. The minimum absolute atomic E-state index is 0.0658. The lowest BCUT2D eigenvalue weighted by Crippen LogP contribution is -2.33. The third kappa shape index (κ3) is 3.05. The van der Waals surface area contributed by atoms with E-state index in [4.69, 9.17) is 5.26 Å². The van der Waals surface area contributed by atoms with Crippen LogP contribution in [0.4, 0.5) is 26.3 Å². The van der Waals surface area contributed by atoms with Crippen molar-refractivity contribution in [2.24, 2.45) is 0 Å². The fraction of sp³-hybridized carbons (Fsp3) is 0.353. The number of hydrogen-bond donors (Lipinski definition) is 1. The molecule has 3 nitrogen and oxygen atoms in total. The molecule has 1 aliphatic carbocycles. The number of benzene rings is 1. The Hall–Kier alpha value is -2.47. The van der Waals surface area contributed by atoms with E-state index in [1.807, 2.05) is 0 Å². The second-order valence-electron chi connectivity index (χ2n) is 6.11. The van der Waals surface area contributed by atoms with Gasteiger partial charge in [-0.2, -0.15) is 18.4 Å². The Morgan fingerprint density at radius 3 is 2.62 bits per heavy atom. The number of aliphatic hydroxyl groups is 1. The molecule has 9 heteroatoms. The zero-order valence-electron chi connectivity index (χ0n) is 13.1. The molecule has 0 unspecified atom stereocenters. The van der Waals surface area contributed by atoms with Gasteiger partial charge in [0.05, 0.1) is 17.2 Å². The molecule has 0 saturated carbocycles. The average Bonchev–Trinajstić information content (AvgIpc) is 2.92. The summed E-state index contributed by atoms with van der Waals surface area (Å²) >= 11 is 0. The van der Waals surface area contributed by atoms with Crippen LogP contribution in [0.25, 0.3) is 0 Å². The summed E-state index contributed by atoms with van der Waals surface area (Å²) in [6.45, 7) is -0.236. The van der Waals surface area contributed by atoms with Gasteiger partial charge in [-0.05, 0) is 24.1 Å². The second-order valence-corrected chi connectivity index (χ2v) is 6.11. The summed E-state index contributed by atoms with van der Waals surface area (Å²) in [4.78, 5) is 0. The Morgan fingerprint density at radius 1 is 1.31 bits per heavy atom. The highest BCUT2D eigenvalue weighted by Gasteiger charge is 2.50. The maximum Gasteiger partial charge on any atom is 0.418 e. The van der Waals surface area contributed by atoms with Crippen molar-refractivity contribution in [1.82, 2.24) is 4.57 Å². The molecule has 1 aromatic heterocycles. The second kappa shape index (κ2) is 6.06. The van der Waals surface area contributed by atoms with Crippen molar-refractivity contribution in [2.45, 2.75) is 37.6 Å². The van der Waals surface area contributed by atoms with Crippen molar-refractivity contribution in [1.29, 1.82) is 5.26 Å². The van der Waals surface area contributed by atoms with Crippen molar-refractivity contribution in [2.75, 3.05) is 0 Å². The highest BCUT2D eigenvalue weighted by molar-refractivity contribution is 5.42. The molecular formula is C17H12F6N2O. The number of aliphatic hydroxyl groups excluding tert-OH is 1. The average molecular weight is 374 g/mol. The highest BCUT2D eigenvalue weighted by Crippen LogP contribution is 2.47. The molecule has 1 aliphatic rings. The van der Waals surface area contributed by atoms with Gasteiger partial charge in [-0.25, -0.2) is 13.2 Å². The zero-order chi connectivity index (χ0) is 19.3. The Morgan fingerprint density at radius 2 is 2.00 bits per heavy atom. The summed E-state index contributed by atoms with van der Waals surface area (Å²) in [7, 11) is 0. The van der Waals surface area contributed by atoms with Crippen molar-refractivity contribution in [3.63, 3.8) is 0 Å². The van der Waals surface area contributed by atoms with E-state index in [2.05, 4.69) is 0 Å². The third-order valence-electron chi connectivity index (χ3n) is 4.44. The molecule has 1 N–H and O–H groups in total. The van der Waals surface area contributed by atoms with Gasteiger partial charge in [-0.1, -0.05) is 6.07 Å². The monoisotopic (exact) mass is 374 g/mol. The Labute approximate surface area is 144 Å². The van der Waals surface area contributed by atoms with Crippen LogP contribution in [0.3, 0.4) is 0 Å². The fourth-order valence-electron chi connectivity index (χ4n) is 3.17. The summed E-state index contributed by atoms with van der Waals surface area (Å²) in [5.41, 5.74) is -2.06. The number of aromatic nitrogens is 1. The van der Waals surface area contributed by atoms with E-state index in [1.165, 1.54) is 6.07 Å². The largest absolute Gasteiger partial charge is 0.418 e. The van der Waals surface area contributed by atoms with Gasteiger partial charge in [0, 0.05) is 30.4 Å². The number of fused-ring (bicyclic) bond motifs is 1. The Bertz CT molecular complexity index is 894. The van der Waals surface area contributed by atoms with E-state index < -0.39 is 41.6 Å². The summed E-state index contributed by atoms with van der Waals surface area (Å²) in [5.74, 6) is -4.33. The van der Waals surface area contributed by atoms with Crippen LogP contribution in [-0.2, 0) is 19.1 Å². The maximum atomic E-state index is 13.7. The molecule has 3 rings (SSSR count). The standard InChI is InChI=1S/C17H12F6N2O/c18-11-2-1-9(10(5-11)6-24)7-25-8-12(17(21,22)23)14-13(25)3-4-16(19,20)15(14)26/h1-2,5,8,15,26H,3-4,7H2/t15-/m0/s1. The fourth-order valence-corrected chi connectivity index (χ4v) is 3.17. The van der Waals surface area contributed by atoms with Crippen LogP contribution < -0.4 is 0 Å². The lowest BCUT2D eigenvalue weighted by atomic mass is 9.89. The molecule has 1 atom stereocenters. The molecule has 0 bridgehead atoms. The van der Waals surface area contributed by atoms with E-state index in [1.54, 1.807) is 6.07 Å². The first kappa shape index (κ1) is 18.3. The van der Waals surface area contributed by atoms with Gasteiger partial charge in [0.2, 0.25) is 0 Å². The molecule has 0 radical (unpaired) electrons. The van der Waals surface area contributed by atoms with Crippen molar-refractivity contribution in [3.05, 3.63) is 58.2 Å². The van der Waals surface area contributed by atoms with Gasteiger partial charge in [0.25, 0.3) is 5.92 Å². The topological polar surface area (TPSA) is 49.0 Å². The Kier molecular flexibility index (Phi) is 4.27. The Balaban J connectivity index is 2.12. The number of alkyl halides is 5. The van der Waals surface area contributed by atoms with Crippen LogP contribution in [0, 0.1) is 17.1 Å². The zero-order valence-corrected chi connectivity index (χ0v) is 13.1. The van der Waals surface area contributed by atoms with E-state index >= 15 is 0 Å². The molecule has 138 valence electrons. The molecule has 2 aromatic rings. The quantitative estimate of drug-likeness (QED) is 0.802. The van der Waals surface area contributed by atoms with E-state index in [-0.39, 0.29) is 29.8 Å². The predicted octanol–water partition coefficient (Wildman–Crippen LogP) is 4.18. The first-order valence-corrected chi connectivity index (χ1v) is 7.58. The summed E-state index contributed by atoms with van der Waals surface area (Å²) in [6.07, 6.45) is -7.99. The summed E-state index contributed by atoms with van der Waals surface area (Å²) in [6, 6.07) is 5.00. The summed E-state index contributed by atoms with van der Waals surface area (Å²) < 4.78 is 81.6. The molecular weight excluding hydrogens is 362 g/mol. The lowest BCUT2D eigenvalue weighted by molar-refractivity contribution is -0.147. The van der Waals surface area contributed by atoms with E-state index in [9.17, 15) is 31.4 Å². The van der Waals surface area contributed by atoms with E-state index in [0.717, 1.165) is 16.7 Å². The first-order valence-electron chi connectivity index (χ1n) is 7.58. The van der Waals surface area contributed by atoms with Gasteiger partial charge >= 0.3 is 6.18 Å². The smallest absolute Gasteiger partial charge is 0.382 e. The molecule has 0 saturated heterocycles. The van der Waals surface area contributed by atoms with Crippen LogP contribution in [0.2, 0.25) is 0 Å². The molecule has 0 amide bonds. The SMILES string of the molecule is N#Cc1cc(F)ccc1Cn1cc(C(F)(F)F)c2c1CCC(F)(F)[C@H]2O. The van der Waals surface area contributed by atoms with Gasteiger partial charge in [-0.15, -0.1) is 0 Å². The molecule has 1 aromatic carbocycles. The minimum Gasteiger partial charge on any atom is -0.382 e. The maximum absolute atomic E-state index is 13.7. The lowest BCUT2D eigenvalue weighted by Gasteiger charge is -2.29. The summed E-state index contributed by atoms with van der Waals surface area (Å²) in [5, 5.41) is 18.8. The van der Waals surface area contributed by atoms with Gasteiger partial charge in [-0.3, -0.25) is 0 Å². The number of nitrogens with zero attached hydrogens (tertiary/aromatic N) is 2. The van der Waals surface area contributed by atoms with Crippen LogP contribution in [0.15, 0.2) is 24.4 Å². The number of halogens is 6. The normalized spacial score (nSPS) is 19.1. The molecule has 26 heavy (non-hydrogen) atoms. The molecule has 1 heterocycles. The molecule has 0 spiro atoms. The van der Waals surface area contributed by atoms with Gasteiger partial charge < -0.3 is 9.67 Å². The number of hydrogen-bond acceptors (Lipinski definition) is 2. The van der Waals surface area contributed by atoms with Crippen molar-refractivity contribution in [3.8, 4) is 6.07 Å². The first-order chi connectivity index (χ1) is 12.0. The van der Waals surface area contributed by atoms with Gasteiger partial charge in [0.1, 0.15) is 11.9 Å². The van der Waals surface area contributed by atoms with Crippen LogP contribution in [-0.4, -0.2) is 15.6 Å². The third-order valence-corrected chi connectivity index (χ3v) is 4.44. The molecule has 0 fully saturated rings. The van der Waals surface area contributed by atoms with Crippen LogP contribution in [0.5, 0.6) is 0 Å². The number of nitriles is 1. The highest BCUT2D eigenvalue weighted by atomic mass is 19.4. The molecule has 0 aliphatic heterocycles. The van der Waals surface area contributed by atoms with Crippen molar-refractivity contribution < 1.29 is 31.4 Å². The number of rotatable bonds is 2. The van der Waals surface area contributed by atoms with Crippen LogP contribution in [0.1, 0.15) is 40.5 Å². The van der Waals surface area contributed by atoms with Crippen LogP contribution >= 0.6 is 0 Å².